The van der Waals surface area contributed by atoms with Crippen molar-refractivity contribution in [2.75, 3.05) is 0 Å². The van der Waals surface area contributed by atoms with Gasteiger partial charge in [0.2, 0.25) is 0 Å². The Labute approximate surface area is 127 Å². The zero-order valence-corrected chi connectivity index (χ0v) is 13.0. The Balaban J connectivity index is 1.99. The van der Waals surface area contributed by atoms with Crippen LogP contribution in [0, 0.1) is 16.7 Å². The summed E-state index contributed by atoms with van der Waals surface area (Å²) in [5.41, 5.74) is 2.08. The first-order valence-electron chi connectivity index (χ1n) is 8.35. The summed E-state index contributed by atoms with van der Waals surface area (Å²) < 4.78 is 0. The van der Waals surface area contributed by atoms with Crippen LogP contribution in [0.25, 0.3) is 0 Å². The van der Waals surface area contributed by atoms with E-state index >= 15 is 0 Å². The van der Waals surface area contributed by atoms with Gasteiger partial charge in [0, 0.05) is 0 Å². The van der Waals surface area contributed by atoms with E-state index in [0.29, 0.717) is 0 Å². The second-order valence-electron chi connectivity index (χ2n) is 7.02. The quantitative estimate of drug-likeness (QED) is 0.882. The van der Waals surface area contributed by atoms with Gasteiger partial charge >= 0.3 is 0 Å². The number of rotatable bonds is 2. The molecule has 1 N–H and O–H groups in total. The summed E-state index contributed by atoms with van der Waals surface area (Å²) in [6, 6.07) is 8.88. The van der Waals surface area contributed by atoms with Gasteiger partial charge in [-0.2, -0.15) is 5.26 Å². The van der Waals surface area contributed by atoms with Crippen molar-refractivity contribution in [3.05, 3.63) is 34.9 Å². The van der Waals surface area contributed by atoms with Gasteiger partial charge in [0.25, 0.3) is 0 Å². The van der Waals surface area contributed by atoms with Crippen LogP contribution >= 0.6 is 0 Å². The molecule has 1 unspecified atom stereocenters. The van der Waals surface area contributed by atoms with Crippen molar-refractivity contribution >= 4 is 0 Å². The molecule has 1 atom stereocenters. The zero-order chi connectivity index (χ0) is 14.9. The number of nitrogens with zero attached hydrogens (tertiary/aromatic N) is 1. The lowest BCUT2D eigenvalue weighted by Crippen LogP contribution is -2.44. The summed E-state index contributed by atoms with van der Waals surface area (Å²) in [7, 11) is 0. The van der Waals surface area contributed by atoms with Gasteiger partial charge in [0.05, 0.1) is 11.5 Å². The smallest absolute Gasteiger partial charge is 0.105 e. The highest BCUT2D eigenvalue weighted by molar-refractivity contribution is 5.38. The molecule has 1 aromatic carbocycles. The van der Waals surface area contributed by atoms with E-state index in [9.17, 15) is 10.4 Å². The van der Waals surface area contributed by atoms with Gasteiger partial charge in [-0.05, 0) is 62.1 Å². The fourth-order valence-corrected chi connectivity index (χ4v) is 4.18. The van der Waals surface area contributed by atoms with Crippen molar-refractivity contribution < 1.29 is 5.11 Å². The van der Waals surface area contributed by atoms with E-state index < -0.39 is 11.0 Å². The number of benzene rings is 1. The highest BCUT2D eigenvalue weighted by atomic mass is 16.3. The van der Waals surface area contributed by atoms with Crippen LogP contribution in [0.2, 0.25) is 0 Å². The molecular formula is C19H25NO. The number of nitriles is 1. The minimum absolute atomic E-state index is 0.617. The van der Waals surface area contributed by atoms with Crippen LogP contribution in [-0.2, 0) is 18.4 Å². The molecule has 2 aliphatic rings. The van der Waals surface area contributed by atoms with E-state index in [0.717, 1.165) is 44.1 Å². The SMILES string of the molecule is CC(O)(c1ccc2c(c1)CCCC2)C1(C#N)CCCCC1. The molecule has 2 heteroatoms. The molecule has 0 saturated heterocycles. The average Bonchev–Trinajstić information content (AvgIpc) is 2.54. The van der Waals surface area contributed by atoms with Crippen LogP contribution in [0.5, 0.6) is 0 Å². The zero-order valence-electron chi connectivity index (χ0n) is 13.0. The Morgan fingerprint density at radius 2 is 1.71 bits per heavy atom. The van der Waals surface area contributed by atoms with Crippen molar-refractivity contribution in [2.45, 2.75) is 70.3 Å². The lowest BCUT2D eigenvalue weighted by molar-refractivity contribution is -0.0635. The van der Waals surface area contributed by atoms with Gasteiger partial charge < -0.3 is 5.11 Å². The van der Waals surface area contributed by atoms with Crippen LogP contribution < -0.4 is 0 Å². The molecule has 0 radical (unpaired) electrons. The molecule has 21 heavy (non-hydrogen) atoms. The molecule has 0 amide bonds. The Kier molecular flexibility index (Phi) is 3.80. The molecule has 0 bridgehead atoms. The molecule has 3 rings (SSSR count). The highest BCUT2D eigenvalue weighted by Crippen LogP contribution is 2.49. The predicted octanol–water partition coefficient (Wildman–Crippen LogP) is 4.25. The summed E-state index contributed by atoms with van der Waals surface area (Å²) >= 11 is 0. The number of hydrogen-bond donors (Lipinski definition) is 1. The molecule has 2 aliphatic carbocycles. The molecular weight excluding hydrogens is 258 g/mol. The minimum Gasteiger partial charge on any atom is -0.384 e. The molecule has 0 aromatic heterocycles. The topological polar surface area (TPSA) is 44.0 Å². The van der Waals surface area contributed by atoms with Crippen molar-refractivity contribution in [3.8, 4) is 6.07 Å². The van der Waals surface area contributed by atoms with E-state index in [4.69, 9.17) is 0 Å². The number of hydrogen-bond acceptors (Lipinski definition) is 2. The third-order valence-electron chi connectivity index (χ3n) is 5.76. The van der Waals surface area contributed by atoms with Crippen LogP contribution in [0.1, 0.15) is 68.6 Å². The standard InChI is InChI=1S/C19H25NO/c1-18(21,19(14-20)11-5-2-6-12-19)17-10-9-15-7-3-4-8-16(15)13-17/h9-10,13,21H,2-8,11-12H2,1H3. The molecule has 0 spiro atoms. The van der Waals surface area contributed by atoms with Crippen molar-refractivity contribution in [3.63, 3.8) is 0 Å². The maximum absolute atomic E-state index is 11.2. The maximum atomic E-state index is 11.2. The fourth-order valence-electron chi connectivity index (χ4n) is 4.18. The van der Waals surface area contributed by atoms with Crippen LogP contribution in [0.4, 0.5) is 0 Å². The van der Waals surface area contributed by atoms with Crippen molar-refractivity contribution in [1.82, 2.24) is 0 Å². The Morgan fingerprint density at radius 1 is 1.05 bits per heavy atom. The fraction of sp³-hybridized carbons (Fsp3) is 0.632. The van der Waals surface area contributed by atoms with Crippen LogP contribution in [-0.4, -0.2) is 5.11 Å². The second-order valence-corrected chi connectivity index (χ2v) is 7.02. The second kappa shape index (κ2) is 5.46. The first kappa shape index (κ1) is 14.6. The third-order valence-corrected chi connectivity index (χ3v) is 5.76. The Bertz CT molecular complexity index is 561. The average molecular weight is 283 g/mol. The molecule has 112 valence electrons. The normalized spacial score (nSPS) is 23.7. The van der Waals surface area contributed by atoms with Gasteiger partial charge in [0.1, 0.15) is 5.60 Å². The first-order valence-corrected chi connectivity index (χ1v) is 8.35. The predicted molar refractivity (Wildman–Crippen MR) is 83.8 cm³/mol. The van der Waals surface area contributed by atoms with Gasteiger partial charge in [-0.25, -0.2) is 0 Å². The summed E-state index contributed by atoms with van der Waals surface area (Å²) in [5, 5.41) is 21.0. The molecule has 1 fully saturated rings. The number of fused-ring (bicyclic) bond motifs is 1. The summed E-state index contributed by atoms with van der Waals surface area (Å²) in [5.74, 6) is 0. The molecule has 1 aromatic rings. The molecule has 0 aliphatic heterocycles. The largest absolute Gasteiger partial charge is 0.384 e. The molecule has 1 saturated carbocycles. The number of aliphatic hydroxyl groups is 1. The highest BCUT2D eigenvalue weighted by Gasteiger charge is 2.49. The van der Waals surface area contributed by atoms with Gasteiger partial charge in [-0.15, -0.1) is 0 Å². The van der Waals surface area contributed by atoms with Gasteiger partial charge in [-0.1, -0.05) is 37.5 Å². The summed E-state index contributed by atoms with van der Waals surface area (Å²) in [6.45, 7) is 1.85. The molecule has 2 nitrogen and oxygen atoms in total. The van der Waals surface area contributed by atoms with Crippen molar-refractivity contribution in [2.24, 2.45) is 5.41 Å². The number of aryl methyl sites for hydroxylation is 2. The summed E-state index contributed by atoms with van der Waals surface area (Å²) in [4.78, 5) is 0. The van der Waals surface area contributed by atoms with Crippen molar-refractivity contribution in [1.29, 1.82) is 5.26 Å². The van der Waals surface area contributed by atoms with Gasteiger partial charge in [-0.3, -0.25) is 0 Å². The third kappa shape index (κ3) is 2.38. The first-order chi connectivity index (χ1) is 10.1. The molecule has 0 heterocycles. The Hall–Kier alpha value is -1.33. The van der Waals surface area contributed by atoms with E-state index in [1.165, 1.54) is 30.4 Å². The summed E-state index contributed by atoms with van der Waals surface area (Å²) in [6.07, 6.45) is 9.68. The minimum atomic E-state index is -1.05. The monoisotopic (exact) mass is 283 g/mol. The van der Waals surface area contributed by atoms with E-state index in [1.807, 2.05) is 6.92 Å². The lowest BCUT2D eigenvalue weighted by Gasteiger charge is -2.43. The van der Waals surface area contributed by atoms with E-state index in [-0.39, 0.29) is 0 Å². The van der Waals surface area contributed by atoms with E-state index in [2.05, 4.69) is 24.3 Å². The van der Waals surface area contributed by atoms with E-state index in [1.54, 1.807) is 0 Å². The van der Waals surface area contributed by atoms with Gasteiger partial charge in [0.15, 0.2) is 0 Å². The lowest BCUT2D eigenvalue weighted by atomic mass is 9.62. The maximum Gasteiger partial charge on any atom is 0.105 e. The van der Waals surface area contributed by atoms with Crippen LogP contribution in [0.15, 0.2) is 18.2 Å². The van der Waals surface area contributed by atoms with Crippen LogP contribution in [0.3, 0.4) is 0 Å². The Morgan fingerprint density at radius 3 is 2.38 bits per heavy atom.